The smallest absolute Gasteiger partial charge is 0.246 e. The van der Waals surface area contributed by atoms with Gasteiger partial charge in [-0.3, -0.25) is 0 Å². The van der Waals surface area contributed by atoms with Gasteiger partial charge in [-0.1, -0.05) is 26.0 Å². The van der Waals surface area contributed by atoms with Crippen molar-refractivity contribution in [2.75, 3.05) is 0 Å². The number of nitrogens with zero attached hydrogens (tertiary/aromatic N) is 1. The molecule has 2 aromatic rings. The molecule has 0 amide bonds. The number of halogens is 1. The van der Waals surface area contributed by atoms with Crippen LogP contribution in [0.25, 0.3) is 17.2 Å². The topological polar surface area (TPSA) is 42.2 Å². The van der Waals surface area contributed by atoms with E-state index in [1.54, 1.807) is 18.2 Å². The second kappa shape index (κ2) is 6.25. The summed E-state index contributed by atoms with van der Waals surface area (Å²) in [7, 11) is 0. The Hall–Kier alpha value is -2.80. The van der Waals surface area contributed by atoms with E-state index in [1.165, 1.54) is 18.2 Å². The molecule has 0 N–H and O–H groups in total. The molecule has 3 rings (SSSR count). The Balaban J connectivity index is 2.34. The highest BCUT2D eigenvalue weighted by molar-refractivity contribution is 5.85. The minimum Gasteiger partial charge on any atom is -0.449 e. The number of ether oxygens (including phenoxy) is 2. The van der Waals surface area contributed by atoms with Gasteiger partial charge in [0.05, 0.1) is 6.07 Å². The maximum absolute atomic E-state index is 13.4. The number of nitriles is 1. The normalized spacial score (nSPS) is 14.9. The van der Waals surface area contributed by atoms with Gasteiger partial charge in [0, 0.05) is 25.5 Å². The fraction of sp³-hybridized carbons (Fsp3) is 0.286. The van der Waals surface area contributed by atoms with Gasteiger partial charge in [0.15, 0.2) is 11.5 Å². The molecule has 0 aromatic heterocycles. The second-order valence-electron chi connectivity index (χ2n) is 6.81. The van der Waals surface area contributed by atoms with Crippen LogP contribution in [0.5, 0.6) is 11.5 Å². The predicted molar refractivity (Wildman–Crippen MR) is 95.9 cm³/mol. The van der Waals surface area contributed by atoms with Crippen molar-refractivity contribution < 1.29 is 13.9 Å². The number of hydrogen-bond donors (Lipinski definition) is 0. The van der Waals surface area contributed by atoms with E-state index in [0.29, 0.717) is 11.5 Å². The molecule has 1 aliphatic heterocycles. The van der Waals surface area contributed by atoms with Gasteiger partial charge in [0.2, 0.25) is 5.79 Å². The van der Waals surface area contributed by atoms with E-state index < -0.39 is 5.79 Å². The number of fused-ring (bicyclic) bond motifs is 1. The monoisotopic (exact) mass is 337 g/mol. The molecule has 0 spiro atoms. The SMILES string of the molecule is CC(C)c1cc2c(c(-c3ccc(F)cc3)c1C=CC#N)OC(C)(C)O2. The zero-order valence-corrected chi connectivity index (χ0v) is 14.8. The quantitative estimate of drug-likeness (QED) is 0.679. The molecule has 128 valence electrons. The van der Waals surface area contributed by atoms with E-state index >= 15 is 0 Å². The molecule has 4 heteroatoms. The van der Waals surface area contributed by atoms with Crippen molar-refractivity contribution >= 4 is 6.08 Å². The maximum atomic E-state index is 13.4. The van der Waals surface area contributed by atoms with Crippen molar-refractivity contribution in [3.05, 3.63) is 53.4 Å². The molecule has 0 radical (unpaired) electrons. The molecule has 0 unspecified atom stereocenters. The van der Waals surface area contributed by atoms with E-state index in [1.807, 2.05) is 26.0 Å². The first-order valence-electron chi connectivity index (χ1n) is 8.23. The van der Waals surface area contributed by atoms with Crippen LogP contribution in [-0.4, -0.2) is 5.79 Å². The highest BCUT2D eigenvalue weighted by atomic mass is 19.1. The Morgan fingerprint density at radius 1 is 1.16 bits per heavy atom. The molecule has 0 aliphatic carbocycles. The molecule has 0 saturated heterocycles. The summed E-state index contributed by atoms with van der Waals surface area (Å²) in [5.74, 6) is 0.436. The molecular weight excluding hydrogens is 317 g/mol. The Bertz CT molecular complexity index is 874. The van der Waals surface area contributed by atoms with E-state index in [2.05, 4.69) is 13.8 Å². The molecule has 0 bridgehead atoms. The third-order valence-electron chi connectivity index (χ3n) is 4.10. The molecule has 3 nitrogen and oxygen atoms in total. The van der Waals surface area contributed by atoms with Gasteiger partial charge >= 0.3 is 0 Å². The van der Waals surface area contributed by atoms with E-state index in [-0.39, 0.29) is 11.7 Å². The zero-order chi connectivity index (χ0) is 18.2. The van der Waals surface area contributed by atoms with Crippen LogP contribution < -0.4 is 9.47 Å². The van der Waals surface area contributed by atoms with Crippen LogP contribution in [0.4, 0.5) is 4.39 Å². The highest BCUT2D eigenvalue weighted by Crippen LogP contribution is 2.50. The van der Waals surface area contributed by atoms with Crippen molar-refractivity contribution in [2.24, 2.45) is 0 Å². The first-order chi connectivity index (χ1) is 11.8. The van der Waals surface area contributed by atoms with E-state index in [9.17, 15) is 4.39 Å². The van der Waals surface area contributed by atoms with Crippen LogP contribution in [0, 0.1) is 17.1 Å². The summed E-state index contributed by atoms with van der Waals surface area (Å²) >= 11 is 0. The predicted octanol–water partition coefficient (Wildman–Crippen LogP) is 5.66. The lowest BCUT2D eigenvalue weighted by molar-refractivity contribution is -0.0429. The molecule has 1 heterocycles. The van der Waals surface area contributed by atoms with Gasteiger partial charge in [0.1, 0.15) is 5.82 Å². The lowest BCUT2D eigenvalue weighted by atomic mass is 9.88. The number of allylic oxidation sites excluding steroid dienone is 1. The van der Waals surface area contributed by atoms with Crippen molar-refractivity contribution in [1.29, 1.82) is 5.26 Å². The van der Waals surface area contributed by atoms with Gasteiger partial charge in [-0.05, 0) is 46.9 Å². The lowest BCUT2D eigenvalue weighted by Gasteiger charge is -2.18. The molecule has 2 aromatic carbocycles. The largest absolute Gasteiger partial charge is 0.449 e. The Morgan fingerprint density at radius 3 is 2.44 bits per heavy atom. The Kier molecular flexibility index (Phi) is 4.26. The summed E-state index contributed by atoms with van der Waals surface area (Å²) in [4.78, 5) is 0. The van der Waals surface area contributed by atoms with Crippen LogP contribution >= 0.6 is 0 Å². The second-order valence-corrected chi connectivity index (χ2v) is 6.81. The average molecular weight is 337 g/mol. The van der Waals surface area contributed by atoms with Crippen LogP contribution in [0.2, 0.25) is 0 Å². The van der Waals surface area contributed by atoms with Gasteiger partial charge in [-0.25, -0.2) is 4.39 Å². The van der Waals surface area contributed by atoms with Gasteiger partial charge in [-0.15, -0.1) is 0 Å². The summed E-state index contributed by atoms with van der Waals surface area (Å²) in [6.45, 7) is 7.87. The third-order valence-corrected chi connectivity index (χ3v) is 4.10. The van der Waals surface area contributed by atoms with E-state index in [0.717, 1.165) is 22.3 Å². The third kappa shape index (κ3) is 3.23. The van der Waals surface area contributed by atoms with Crippen molar-refractivity contribution in [3.8, 4) is 28.7 Å². The Morgan fingerprint density at radius 2 is 1.84 bits per heavy atom. The Labute approximate surface area is 147 Å². The van der Waals surface area contributed by atoms with E-state index in [4.69, 9.17) is 14.7 Å². The van der Waals surface area contributed by atoms with Crippen LogP contribution in [-0.2, 0) is 0 Å². The minimum atomic E-state index is -0.775. The van der Waals surface area contributed by atoms with Gasteiger partial charge in [-0.2, -0.15) is 5.26 Å². The molecule has 25 heavy (non-hydrogen) atoms. The standard InChI is InChI=1S/C21H20FNO2/c1-13(2)17-12-18-20(25-21(3,4)24-18)19(16(17)6-5-11-23)14-7-9-15(22)10-8-14/h5-10,12-13H,1-4H3. The summed E-state index contributed by atoms with van der Waals surface area (Å²) in [6, 6.07) is 10.3. The van der Waals surface area contributed by atoms with Crippen molar-refractivity contribution in [1.82, 2.24) is 0 Å². The molecule has 0 atom stereocenters. The summed E-state index contributed by atoms with van der Waals surface area (Å²) in [5.41, 5.74) is 3.58. The number of hydrogen-bond acceptors (Lipinski definition) is 3. The van der Waals surface area contributed by atoms with Gasteiger partial charge < -0.3 is 9.47 Å². The maximum Gasteiger partial charge on any atom is 0.246 e. The number of benzene rings is 2. The average Bonchev–Trinajstić information content (AvgIpc) is 2.86. The van der Waals surface area contributed by atoms with Gasteiger partial charge in [0.25, 0.3) is 0 Å². The van der Waals surface area contributed by atoms with Crippen molar-refractivity contribution in [3.63, 3.8) is 0 Å². The molecule has 0 fully saturated rings. The highest BCUT2D eigenvalue weighted by Gasteiger charge is 2.36. The first-order valence-corrected chi connectivity index (χ1v) is 8.23. The molecular formula is C21H20FNO2. The summed E-state index contributed by atoms with van der Waals surface area (Å²) in [6.07, 6.45) is 3.23. The molecule has 0 saturated carbocycles. The minimum absolute atomic E-state index is 0.218. The lowest BCUT2D eigenvalue weighted by Crippen LogP contribution is -2.29. The summed E-state index contributed by atoms with van der Waals surface area (Å²) in [5, 5.41) is 8.99. The number of rotatable bonds is 3. The van der Waals surface area contributed by atoms with Crippen LogP contribution in [0.3, 0.4) is 0 Å². The molecule has 1 aliphatic rings. The van der Waals surface area contributed by atoms with Crippen LogP contribution in [0.15, 0.2) is 36.4 Å². The fourth-order valence-corrected chi connectivity index (χ4v) is 3.06. The fourth-order valence-electron chi connectivity index (χ4n) is 3.06. The van der Waals surface area contributed by atoms with Crippen LogP contribution in [0.1, 0.15) is 44.7 Å². The first kappa shape index (κ1) is 17.0. The summed E-state index contributed by atoms with van der Waals surface area (Å²) < 4.78 is 25.4. The zero-order valence-electron chi connectivity index (χ0n) is 14.8. The van der Waals surface area contributed by atoms with Crippen molar-refractivity contribution in [2.45, 2.75) is 39.4 Å².